The van der Waals surface area contributed by atoms with Crippen LogP contribution in [0.25, 0.3) is 0 Å². The van der Waals surface area contributed by atoms with Crippen molar-refractivity contribution in [2.24, 2.45) is 0 Å². The summed E-state index contributed by atoms with van der Waals surface area (Å²) < 4.78 is 31.6. The molecule has 2 aliphatic heterocycles. The van der Waals surface area contributed by atoms with Gasteiger partial charge in [0, 0.05) is 38.9 Å². The van der Waals surface area contributed by atoms with Crippen molar-refractivity contribution in [1.29, 1.82) is 0 Å². The lowest BCUT2D eigenvalue weighted by Gasteiger charge is -2.47. The number of sulfonamides is 1. The van der Waals surface area contributed by atoms with E-state index < -0.39 is 10.0 Å². The summed E-state index contributed by atoms with van der Waals surface area (Å²) in [5.74, 6) is 0. The first-order chi connectivity index (χ1) is 10.9. The highest BCUT2D eigenvalue weighted by Gasteiger charge is 2.40. The number of benzene rings is 1. The summed E-state index contributed by atoms with van der Waals surface area (Å²) >= 11 is 0. The molecule has 23 heavy (non-hydrogen) atoms. The molecule has 0 amide bonds. The SMILES string of the molecule is Cc1cccc(CN2CC(N(C3CCOCC3)S(C)(=O)=O)C2)c1. The summed E-state index contributed by atoms with van der Waals surface area (Å²) in [7, 11) is -3.18. The van der Waals surface area contributed by atoms with Crippen LogP contribution in [0.5, 0.6) is 0 Å². The second-order valence-electron chi connectivity index (χ2n) is 6.77. The van der Waals surface area contributed by atoms with Gasteiger partial charge in [0.1, 0.15) is 0 Å². The largest absolute Gasteiger partial charge is 0.381 e. The van der Waals surface area contributed by atoms with Gasteiger partial charge in [-0.3, -0.25) is 4.90 Å². The average molecular weight is 338 g/mol. The fraction of sp³-hybridized carbons (Fsp3) is 0.647. The Bertz CT molecular complexity index is 635. The molecule has 2 saturated heterocycles. The Morgan fingerprint density at radius 1 is 1.22 bits per heavy atom. The number of hydrogen-bond donors (Lipinski definition) is 0. The van der Waals surface area contributed by atoms with E-state index in [0.29, 0.717) is 13.2 Å². The Morgan fingerprint density at radius 3 is 2.52 bits per heavy atom. The van der Waals surface area contributed by atoms with Crippen LogP contribution in [0, 0.1) is 6.92 Å². The molecule has 6 heteroatoms. The predicted octanol–water partition coefficient (Wildman–Crippen LogP) is 1.62. The van der Waals surface area contributed by atoms with Gasteiger partial charge < -0.3 is 4.74 Å². The van der Waals surface area contributed by atoms with E-state index in [-0.39, 0.29) is 12.1 Å². The first-order valence-corrected chi connectivity index (χ1v) is 10.1. The molecule has 0 radical (unpaired) electrons. The van der Waals surface area contributed by atoms with Crippen molar-refractivity contribution < 1.29 is 13.2 Å². The Hall–Kier alpha value is -0.950. The van der Waals surface area contributed by atoms with E-state index in [9.17, 15) is 8.42 Å². The third kappa shape index (κ3) is 4.12. The Kier molecular flexibility index (Phi) is 5.06. The number of likely N-dealkylation sites (tertiary alicyclic amines) is 1. The van der Waals surface area contributed by atoms with Gasteiger partial charge in [-0.05, 0) is 25.3 Å². The molecule has 3 rings (SSSR count). The lowest BCUT2D eigenvalue weighted by molar-refractivity contribution is 0.00977. The molecule has 5 nitrogen and oxygen atoms in total. The summed E-state index contributed by atoms with van der Waals surface area (Å²) in [5, 5.41) is 0. The normalized spacial score (nSPS) is 21.5. The number of hydrogen-bond acceptors (Lipinski definition) is 4. The molecule has 0 N–H and O–H groups in total. The summed E-state index contributed by atoms with van der Waals surface area (Å²) in [4.78, 5) is 2.32. The zero-order valence-electron chi connectivity index (χ0n) is 13.9. The quantitative estimate of drug-likeness (QED) is 0.819. The van der Waals surface area contributed by atoms with E-state index in [1.807, 2.05) is 0 Å². The van der Waals surface area contributed by atoms with Gasteiger partial charge in [0.05, 0.1) is 12.3 Å². The topological polar surface area (TPSA) is 49.9 Å². The van der Waals surface area contributed by atoms with E-state index in [4.69, 9.17) is 4.74 Å². The summed E-state index contributed by atoms with van der Waals surface area (Å²) in [6.45, 7) is 5.95. The number of ether oxygens (including phenoxy) is 1. The Morgan fingerprint density at radius 2 is 1.91 bits per heavy atom. The molecule has 2 aliphatic rings. The maximum Gasteiger partial charge on any atom is 0.211 e. The van der Waals surface area contributed by atoms with Gasteiger partial charge in [-0.2, -0.15) is 4.31 Å². The zero-order valence-corrected chi connectivity index (χ0v) is 14.8. The molecule has 0 unspecified atom stereocenters. The van der Waals surface area contributed by atoms with Gasteiger partial charge in [0.25, 0.3) is 0 Å². The molecule has 0 bridgehead atoms. The van der Waals surface area contributed by atoms with Gasteiger partial charge in [0.15, 0.2) is 0 Å². The van der Waals surface area contributed by atoms with Crippen LogP contribution in [0.2, 0.25) is 0 Å². The molecule has 1 aromatic rings. The van der Waals surface area contributed by atoms with Crippen molar-refractivity contribution in [2.75, 3.05) is 32.6 Å². The first kappa shape index (κ1) is 16.9. The molecule has 2 fully saturated rings. The summed E-state index contributed by atoms with van der Waals surface area (Å²) in [5.41, 5.74) is 2.56. The van der Waals surface area contributed by atoms with Gasteiger partial charge in [-0.15, -0.1) is 0 Å². The Labute approximate surface area is 139 Å². The van der Waals surface area contributed by atoms with E-state index in [1.165, 1.54) is 17.4 Å². The maximum atomic E-state index is 12.2. The Balaban J connectivity index is 1.61. The third-order valence-electron chi connectivity index (χ3n) is 4.72. The average Bonchev–Trinajstić information content (AvgIpc) is 2.45. The van der Waals surface area contributed by atoms with Crippen molar-refractivity contribution in [3.05, 3.63) is 35.4 Å². The van der Waals surface area contributed by atoms with E-state index in [1.54, 1.807) is 4.31 Å². The van der Waals surface area contributed by atoms with E-state index >= 15 is 0 Å². The number of rotatable bonds is 5. The molecule has 0 aliphatic carbocycles. The van der Waals surface area contributed by atoms with E-state index in [2.05, 4.69) is 36.1 Å². The highest BCUT2D eigenvalue weighted by Crippen LogP contribution is 2.26. The van der Waals surface area contributed by atoms with Gasteiger partial charge in [-0.25, -0.2) is 8.42 Å². The fourth-order valence-electron chi connectivity index (χ4n) is 3.68. The summed E-state index contributed by atoms with van der Waals surface area (Å²) in [6.07, 6.45) is 2.95. The minimum atomic E-state index is -3.18. The maximum absolute atomic E-state index is 12.2. The van der Waals surface area contributed by atoms with Crippen molar-refractivity contribution in [3.8, 4) is 0 Å². The van der Waals surface area contributed by atoms with Gasteiger partial charge >= 0.3 is 0 Å². The number of nitrogens with zero attached hydrogens (tertiary/aromatic N) is 2. The van der Waals surface area contributed by atoms with Crippen LogP contribution in [0.1, 0.15) is 24.0 Å². The van der Waals surface area contributed by atoms with Crippen molar-refractivity contribution >= 4 is 10.0 Å². The molecule has 0 aromatic heterocycles. The minimum absolute atomic E-state index is 0.102. The van der Waals surface area contributed by atoms with Crippen molar-refractivity contribution in [1.82, 2.24) is 9.21 Å². The molecule has 1 aromatic carbocycles. The van der Waals surface area contributed by atoms with Crippen LogP contribution >= 0.6 is 0 Å². The molecule has 128 valence electrons. The van der Waals surface area contributed by atoms with Crippen LogP contribution in [0.3, 0.4) is 0 Å². The smallest absolute Gasteiger partial charge is 0.211 e. The highest BCUT2D eigenvalue weighted by molar-refractivity contribution is 7.88. The van der Waals surface area contributed by atoms with Crippen LogP contribution in [-0.4, -0.2) is 62.3 Å². The monoisotopic (exact) mass is 338 g/mol. The second-order valence-corrected chi connectivity index (χ2v) is 8.66. The van der Waals surface area contributed by atoms with Crippen LogP contribution in [0.15, 0.2) is 24.3 Å². The molecule has 2 heterocycles. The highest BCUT2D eigenvalue weighted by atomic mass is 32.2. The lowest BCUT2D eigenvalue weighted by atomic mass is 10.0. The minimum Gasteiger partial charge on any atom is -0.381 e. The second kappa shape index (κ2) is 6.89. The molecular formula is C17H26N2O3S. The first-order valence-electron chi connectivity index (χ1n) is 8.27. The predicted molar refractivity (Wildman–Crippen MR) is 90.8 cm³/mol. The molecule has 0 atom stereocenters. The standard InChI is InChI=1S/C17H26N2O3S/c1-14-4-3-5-15(10-14)11-18-12-17(13-18)19(23(2,20)21)16-6-8-22-9-7-16/h3-5,10,16-17H,6-9,11-13H2,1-2H3. The van der Waals surface area contributed by atoms with E-state index in [0.717, 1.165) is 32.5 Å². The summed E-state index contributed by atoms with van der Waals surface area (Å²) in [6, 6.07) is 8.71. The van der Waals surface area contributed by atoms with Crippen LogP contribution in [0.4, 0.5) is 0 Å². The van der Waals surface area contributed by atoms with Crippen LogP contribution < -0.4 is 0 Å². The van der Waals surface area contributed by atoms with Crippen molar-refractivity contribution in [3.63, 3.8) is 0 Å². The molecule has 0 saturated carbocycles. The fourth-order valence-corrected chi connectivity index (χ4v) is 5.11. The molecular weight excluding hydrogens is 312 g/mol. The molecule has 0 spiro atoms. The third-order valence-corrected chi connectivity index (χ3v) is 6.08. The van der Waals surface area contributed by atoms with Crippen molar-refractivity contribution in [2.45, 2.75) is 38.4 Å². The van der Waals surface area contributed by atoms with Crippen LogP contribution in [-0.2, 0) is 21.3 Å². The number of aryl methyl sites for hydroxylation is 1. The van der Waals surface area contributed by atoms with Gasteiger partial charge in [0.2, 0.25) is 10.0 Å². The zero-order chi connectivity index (χ0) is 16.4. The van der Waals surface area contributed by atoms with Gasteiger partial charge in [-0.1, -0.05) is 29.8 Å². The lowest BCUT2D eigenvalue weighted by Crippen LogP contribution is -2.63.